The molecule has 0 saturated carbocycles. The molecule has 0 aromatic rings. The topological polar surface area (TPSA) is 48.0 Å². The summed E-state index contributed by atoms with van der Waals surface area (Å²) < 4.78 is 17.9. The third kappa shape index (κ3) is 3.68. The molecule has 1 spiro atoms. The van der Waals surface area contributed by atoms with Crippen LogP contribution < -0.4 is 0 Å². The number of carbonyl (C=O) groups excluding carboxylic acids is 1. The molecule has 0 unspecified atom stereocenters. The van der Waals surface area contributed by atoms with Crippen LogP contribution in [0.1, 0.15) is 53.9 Å². The smallest absolute Gasteiger partial charge is 0.330 e. The van der Waals surface area contributed by atoms with Crippen LogP contribution in [-0.2, 0) is 19.0 Å². The molecule has 0 bridgehead atoms. The highest BCUT2D eigenvalue weighted by Gasteiger charge is 2.55. The summed E-state index contributed by atoms with van der Waals surface area (Å²) in [6.45, 7) is 15.8. The second kappa shape index (κ2) is 6.43. The van der Waals surface area contributed by atoms with Crippen LogP contribution >= 0.6 is 0 Å². The number of nitrogens with zero attached hydrogens (tertiary/aromatic N) is 1. The zero-order chi connectivity index (χ0) is 18.2. The Bertz CT molecular complexity index is 470. The van der Waals surface area contributed by atoms with Crippen molar-refractivity contribution in [2.45, 2.75) is 70.7 Å². The van der Waals surface area contributed by atoms with Crippen molar-refractivity contribution in [2.24, 2.45) is 5.41 Å². The molecule has 0 aromatic carbocycles. The quantitative estimate of drug-likeness (QED) is 0.582. The number of likely N-dealkylation sites (tertiary alicyclic amines) is 1. The maximum atomic E-state index is 11.4. The molecule has 2 saturated heterocycles. The molecule has 0 aromatic heterocycles. The fraction of sp³-hybridized carbons (Fsp3) is 0.842. The first kappa shape index (κ1) is 19.4. The van der Waals surface area contributed by atoms with E-state index < -0.39 is 11.8 Å². The average molecular weight is 339 g/mol. The third-order valence-electron chi connectivity index (χ3n) is 5.94. The van der Waals surface area contributed by atoms with Crippen molar-refractivity contribution in [3.63, 3.8) is 0 Å². The summed E-state index contributed by atoms with van der Waals surface area (Å²) in [6, 6.07) is 0. The molecular formula is C19H33NO4. The van der Waals surface area contributed by atoms with Crippen LogP contribution in [0.3, 0.4) is 0 Å². The van der Waals surface area contributed by atoms with Gasteiger partial charge in [0.2, 0.25) is 0 Å². The van der Waals surface area contributed by atoms with Crippen molar-refractivity contribution in [1.29, 1.82) is 0 Å². The SMILES string of the molecule is C=CC(=O)OCC1(CC)COC2(CC(C)(C)N(C)C(C)(C)C2)OC1. The maximum Gasteiger partial charge on any atom is 0.330 e. The molecule has 2 heterocycles. The summed E-state index contributed by atoms with van der Waals surface area (Å²) in [5, 5.41) is 0. The summed E-state index contributed by atoms with van der Waals surface area (Å²) >= 11 is 0. The second-order valence-corrected chi connectivity index (χ2v) is 8.69. The van der Waals surface area contributed by atoms with Gasteiger partial charge in [-0.05, 0) is 41.2 Å². The fourth-order valence-corrected chi connectivity index (χ4v) is 3.97. The molecular weight excluding hydrogens is 306 g/mol. The lowest BCUT2D eigenvalue weighted by Crippen LogP contribution is -2.67. The Hall–Kier alpha value is -0.910. The molecule has 2 rings (SSSR count). The minimum Gasteiger partial charge on any atom is -0.462 e. The van der Waals surface area contributed by atoms with Crippen LogP contribution in [0.25, 0.3) is 0 Å². The first-order valence-corrected chi connectivity index (χ1v) is 8.81. The van der Waals surface area contributed by atoms with Crippen LogP contribution in [0.5, 0.6) is 0 Å². The van der Waals surface area contributed by atoms with E-state index in [-0.39, 0.29) is 16.5 Å². The van der Waals surface area contributed by atoms with Crippen molar-refractivity contribution < 1.29 is 19.0 Å². The zero-order valence-corrected chi connectivity index (χ0v) is 16.1. The lowest BCUT2D eigenvalue weighted by atomic mass is 9.75. The summed E-state index contributed by atoms with van der Waals surface area (Å²) in [5.74, 6) is -0.953. The number of esters is 1. The predicted molar refractivity (Wildman–Crippen MR) is 93.7 cm³/mol. The molecule has 0 radical (unpaired) electrons. The maximum absolute atomic E-state index is 11.4. The third-order valence-corrected chi connectivity index (χ3v) is 5.94. The number of hydrogen-bond acceptors (Lipinski definition) is 5. The molecule has 0 atom stereocenters. The molecule has 5 nitrogen and oxygen atoms in total. The average Bonchev–Trinajstić information content (AvgIpc) is 2.52. The van der Waals surface area contributed by atoms with Crippen LogP contribution in [0.2, 0.25) is 0 Å². The van der Waals surface area contributed by atoms with E-state index in [1.165, 1.54) is 6.08 Å². The van der Waals surface area contributed by atoms with Crippen molar-refractivity contribution >= 4 is 5.97 Å². The molecule has 2 aliphatic heterocycles. The van der Waals surface area contributed by atoms with Gasteiger partial charge < -0.3 is 14.2 Å². The van der Waals surface area contributed by atoms with Gasteiger partial charge >= 0.3 is 5.97 Å². The molecule has 138 valence electrons. The van der Waals surface area contributed by atoms with Crippen LogP contribution in [-0.4, -0.2) is 54.6 Å². The molecule has 0 aliphatic carbocycles. The van der Waals surface area contributed by atoms with E-state index in [2.05, 4.69) is 53.1 Å². The molecule has 0 amide bonds. The van der Waals surface area contributed by atoms with E-state index in [0.29, 0.717) is 19.8 Å². The molecule has 5 heteroatoms. The van der Waals surface area contributed by atoms with Gasteiger partial charge in [0, 0.05) is 30.0 Å². The molecule has 0 N–H and O–H groups in total. The minimum atomic E-state index is -0.555. The Morgan fingerprint density at radius 1 is 1.17 bits per heavy atom. The van der Waals surface area contributed by atoms with Gasteiger partial charge in [-0.1, -0.05) is 13.5 Å². The van der Waals surface area contributed by atoms with Crippen LogP contribution in [0, 0.1) is 5.41 Å². The first-order valence-electron chi connectivity index (χ1n) is 8.81. The Morgan fingerprint density at radius 3 is 2.08 bits per heavy atom. The van der Waals surface area contributed by atoms with Crippen LogP contribution in [0.15, 0.2) is 12.7 Å². The fourth-order valence-electron chi connectivity index (χ4n) is 3.97. The molecule has 2 aliphatic rings. The Kier molecular flexibility index (Phi) is 5.20. The van der Waals surface area contributed by atoms with E-state index in [1.54, 1.807) is 0 Å². The number of piperidine rings is 1. The van der Waals surface area contributed by atoms with Crippen molar-refractivity contribution in [3.05, 3.63) is 12.7 Å². The zero-order valence-electron chi connectivity index (χ0n) is 16.1. The minimum absolute atomic E-state index is 0.0106. The van der Waals surface area contributed by atoms with Crippen molar-refractivity contribution in [3.8, 4) is 0 Å². The van der Waals surface area contributed by atoms with Gasteiger partial charge in [0.1, 0.15) is 6.61 Å². The monoisotopic (exact) mass is 339 g/mol. The van der Waals surface area contributed by atoms with Gasteiger partial charge in [0.25, 0.3) is 0 Å². The molecule has 24 heavy (non-hydrogen) atoms. The standard InChI is InChI=1S/C19H33NO4/c1-8-15(21)22-12-18(9-2)13-23-19(24-14-18)10-16(3,4)20(7)17(5,6)11-19/h8H,1,9-14H2,2-7H3. The van der Waals surface area contributed by atoms with E-state index in [9.17, 15) is 4.79 Å². The highest BCUT2D eigenvalue weighted by molar-refractivity contribution is 5.81. The largest absolute Gasteiger partial charge is 0.462 e. The summed E-state index contributed by atoms with van der Waals surface area (Å²) in [4.78, 5) is 13.8. The van der Waals surface area contributed by atoms with Gasteiger partial charge in [-0.25, -0.2) is 4.79 Å². The van der Waals surface area contributed by atoms with Crippen molar-refractivity contribution in [2.75, 3.05) is 26.9 Å². The van der Waals surface area contributed by atoms with Gasteiger partial charge in [-0.2, -0.15) is 0 Å². The van der Waals surface area contributed by atoms with Crippen molar-refractivity contribution in [1.82, 2.24) is 4.90 Å². The summed E-state index contributed by atoms with van der Waals surface area (Å²) in [6.07, 6.45) is 3.68. The van der Waals surface area contributed by atoms with Crippen LogP contribution in [0.4, 0.5) is 0 Å². The highest BCUT2D eigenvalue weighted by atomic mass is 16.7. The van der Waals surface area contributed by atoms with Gasteiger partial charge in [0.15, 0.2) is 5.79 Å². The number of rotatable bonds is 4. The first-order chi connectivity index (χ1) is 11.0. The normalized spacial score (nSPS) is 27.6. The number of hydrogen-bond donors (Lipinski definition) is 0. The highest BCUT2D eigenvalue weighted by Crippen LogP contribution is 2.48. The molecule has 2 fully saturated rings. The lowest BCUT2D eigenvalue weighted by molar-refractivity contribution is -0.344. The number of ether oxygens (including phenoxy) is 3. The van der Waals surface area contributed by atoms with E-state index in [1.807, 2.05) is 0 Å². The summed E-state index contributed by atoms with van der Waals surface area (Å²) in [7, 11) is 2.17. The van der Waals surface area contributed by atoms with E-state index in [0.717, 1.165) is 19.3 Å². The van der Waals surface area contributed by atoms with E-state index >= 15 is 0 Å². The summed E-state index contributed by atoms with van der Waals surface area (Å²) in [5.41, 5.74) is -0.298. The Labute approximate surface area is 146 Å². The van der Waals surface area contributed by atoms with Gasteiger partial charge in [-0.3, -0.25) is 4.90 Å². The van der Waals surface area contributed by atoms with Gasteiger partial charge in [-0.15, -0.1) is 0 Å². The van der Waals surface area contributed by atoms with E-state index in [4.69, 9.17) is 14.2 Å². The Morgan fingerprint density at radius 2 is 1.67 bits per heavy atom. The Balaban J connectivity index is 2.10. The lowest BCUT2D eigenvalue weighted by Gasteiger charge is -2.59. The second-order valence-electron chi connectivity index (χ2n) is 8.69. The number of carbonyl (C=O) groups is 1. The predicted octanol–water partition coefficient (Wildman–Crippen LogP) is 3.14. The van der Waals surface area contributed by atoms with Gasteiger partial charge in [0.05, 0.1) is 18.6 Å².